The molecule has 70 valence electrons. The first-order valence-electron chi connectivity index (χ1n) is 4.18. The first-order chi connectivity index (χ1) is 5.39. The summed E-state index contributed by atoms with van der Waals surface area (Å²) in [6.45, 7) is 2.95. The Labute approximate surface area is 72.1 Å². The predicted octanol–water partition coefficient (Wildman–Crippen LogP) is -0.637. The summed E-state index contributed by atoms with van der Waals surface area (Å²) in [5, 5.41) is 12.0. The second-order valence-corrected chi connectivity index (χ2v) is 3.96. The van der Waals surface area contributed by atoms with Crippen molar-refractivity contribution in [3.8, 4) is 0 Å². The Morgan fingerprint density at radius 2 is 2.08 bits per heavy atom. The fraction of sp³-hybridized carbons (Fsp3) is 0.875. The quantitative estimate of drug-likeness (QED) is 0.519. The van der Waals surface area contributed by atoms with E-state index in [4.69, 9.17) is 5.73 Å². The Kier molecular flexibility index (Phi) is 2.39. The van der Waals surface area contributed by atoms with Gasteiger partial charge >= 0.3 is 0 Å². The van der Waals surface area contributed by atoms with Crippen molar-refractivity contribution in [2.75, 3.05) is 0 Å². The van der Waals surface area contributed by atoms with Crippen molar-refractivity contribution < 1.29 is 9.90 Å². The van der Waals surface area contributed by atoms with E-state index in [2.05, 4.69) is 5.32 Å². The van der Waals surface area contributed by atoms with Gasteiger partial charge in [0.25, 0.3) is 5.91 Å². The molecular formula is C8H16N2O2. The van der Waals surface area contributed by atoms with Crippen molar-refractivity contribution in [1.29, 1.82) is 0 Å². The van der Waals surface area contributed by atoms with Gasteiger partial charge in [-0.15, -0.1) is 0 Å². The highest BCUT2D eigenvalue weighted by Crippen LogP contribution is 2.18. The number of rotatable bonds is 2. The molecule has 0 saturated heterocycles. The normalized spacial score (nSPS) is 29.3. The van der Waals surface area contributed by atoms with Crippen LogP contribution in [0.5, 0.6) is 0 Å². The van der Waals surface area contributed by atoms with Crippen LogP contribution in [0.1, 0.15) is 26.7 Å². The molecule has 1 aliphatic rings. The third-order valence-electron chi connectivity index (χ3n) is 2.07. The Morgan fingerprint density at radius 3 is 2.42 bits per heavy atom. The molecule has 1 rings (SSSR count). The summed E-state index contributed by atoms with van der Waals surface area (Å²) in [5.74, 6) is -0.320. The van der Waals surface area contributed by atoms with Crippen molar-refractivity contribution in [1.82, 2.24) is 5.32 Å². The molecule has 4 nitrogen and oxygen atoms in total. The van der Waals surface area contributed by atoms with Crippen LogP contribution in [0.4, 0.5) is 0 Å². The van der Waals surface area contributed by atoms with E-state index < -0.39 is 5.60 Å². The summed E-state index contributed by atoms with van der Waals surface area (Å²) >= 11 is 0. The Balaban J connectivity index is 2.28. The summed E-state index contributed by atoms with van der Waals surface area (Å²) < 4.78 is 0. The van der Waals surface area contributed by atoms with Gasteiger partial charge in [-0.25, -0.2) is 0 Å². The third-order valence-corrected chi connectivity index (χ3v) is 2.07. The van der Waals surface area contributed by atoms with Crippen LogP contribution in [0.3, 0.4) is 0 Å². The molecule has 0 aromatic heterocycles. The first kappa shape index (κ1) is 9.48. The number of hydrogen-bond acceptors (Lipinski definition) is 3. The number of carbonyl (C=O) groups is 1. The van der Waals surface area contributed by atoms with E-state index in [1.54, 1.807) is 0 Å². The minimum atomic E-state index is -1.28. The molecule has 1 saturated carbocycles. The molecule has 0 heterocycles. The summed E-state index contributed by atoms with van der Waals surface area (Å²) in [6.07, 6.45) is 1.64. The Morgan fingerprint density at radius 1 is 1.58 bits per heavy atom. The van der Waals surface area contributed by atoms with E-state index in [1.165, 1.54) is 13.8 Å². The van der Waals surface area contributed by atoms with Crippen LogP contribution < -0.4 is 11.1 Å². The minimum absolute atomic E-state index is 0.166. The van der Waals surface area contributed by atoms with Crippen LogP contribution in [0.15, 0.2) is 0 Å². The molecular weight excluding hydrogens is 156 g/mol. The van der Waals surface area contributed by atoms with Gasteiger partial charge in [0.15, 0.2) is 0 Å². The van der Waals surface area contributed by atoms with E-state index in [-0.39, 0.29) is 18.0 Å². The topological polar surface area (TPSA) is 75.3 Å². The van der Waals surface area contributed by atoms with Crippen LogP contribution >= 0.6 is 0 Å². The Hall–Kier alpha value is -0.610. The highest BCUT2D eigenvalue weighted by Gasteiger charge is 2.31. The highest BCUT2D eigenvalue weighted by atomic mass is 16.3. The fourth-order valence-electron chi connectivity index (χ4n) is 1.14. The molecule has 4 heteroatoms. The molecule has 0 unspecified atom stereocenters. The van der Waals surface area contributed by atoms with Crippen LogP contribution in [-0.4, -0.2) is 28.7 Å². The number of amides is 1. The van der Waals surface area contributed by atoms with Gasteiger partial charge in [0.05, 0.1) is 0 Å². The maximum Gasteiger partial charge on any atom is 0.251 e. The number of carbonyl (C=O) groups excluding carboxylic acids is 1. The molecule has 1 fully saturated rings. The molecule has 0 atom stereocenters. The van der Waals surface area contributed by atoms with Gasteiger partial charge in [0.2, 0.25) is 0 Å². The molecule has 4 N–H and O–H groups in total. The third kappa shape index (κ3) is 2.19. The van der Waals surface area contributed by atoms with Gasteiger partial charge < -0.3 is 16.2 Å². The minimum Gasteiger partial charge on any atom is -0.381 e. The lowest BCUT2D eigenvalue weighted by Gasteiger charge is -2.34. The van der Waals surface area contributed by atoms with E-state index in [0.29, 0.717) is 0 Å². The summed E-state index contributed by atoms with van der Waals surface area (Å²) in [7, 11) is 0. The number of aliphatic hydroxyl groups is 1. The van der Waals surface area contributed by atoms with Crippen LogP contribution in [0.25, 0.3) is 0 Å². The van der Waals surface area contributed by atoms with E-state index in [1.807, 2.05) is 0 Å². The molecule has 1 amide bonds. The molecule has 0 radical (unpaired) electrons. The smallest absolute Gasteiger partial charge is 0.251 e. The molecule has 12 heavy (non-hydrogen) atoms. The first-order valence-corrected chi connectivity index (χ1v) is 4.18. The van der Waals surface area contributed by atoms with Crippen molar-refractivity contribution in [3.05, 3.63) is 0 Å². The zero-order chi connectivity index (χ0) is 9.35. The molecule has 0 aromatic rings. The lowest BCUT2D eigenvalue weighted by atomic mass is 9.87. The standard InChI is InChI=1S/C8H16N2O2/c1-8(2,12)7(11)10-6-3-5(9)4-6/h5-6,12H,3-4,9H2,1-2H3,(H,10,11). The van der Waals surface area contributed by atoms with Gasteiger partial charge in [-0.1, -0.05) is 0 Å². The summed E-state index contributed by atoms with van der Waals surface area (Å²) in [6, 6.07) is 0.385. The van der Waals surface area contributed by atoms with Crippen molar-refractivity contribution in [3.63, 3.8) is 0 Å². The molecule has 0 bridgehead atoms. The van der Waals surface area contributed by atoms with Gasteiger partial charge in [-0.05, 0) is 26.7 Å². The lowest BCUT2D eigenvalue weighted by molar-refractivity contribution is -0.137. The van der Waals surface area contributed by atoms with Crippen LogP contribution in [0.2, 0.25) is 0 Å². The average molecular weight is 172 g/mol. The average Bonchev–Trinajstić information content (AvgIpc) is 1.82. The van der Waals surface area contributed by atoms with Gasteiger partial charge in [0.1, 0.15) is 5.60 Å². The van der Waals surface area contributed by atoms with Crippen LogP contribution in [0, 0.1) is 0 Å². The second kappa shape index (κ2) is 3.03. The van der Waals surface area contributed by atoms with Crippen LogP contribution in [-0.2, 0) is 4.79 Å². The lowest BCUT2D eigenvalue weighted by Crippen LogP contribution is -2.54. The zero-order valence-electron chi connectivity index (χ0n) is 7.50. The predicted molar refractivity (Wildman–Crippen MR) is 45.4 cm³/mol. The maximum absolute atomic E-state index is 11.2. The van der Waals surface area contributed by atoms with Gasteiger partial charge in [-0.3, -0.25) is 4.79 Å². The monoisotopic (exact) mass is 172 g/mol. The van der Waals surface area contributed by atoms with E-state index in [9.17, 15) is 9.90 Å². The largest absolute Gasteiger partial charge is 0.381 e. The molecule has 1 aliphatic carbocycles. The Bertz CT molecular complexity index is 180. The molecule has 0 aromatic carbocycles. The highest BCUT2D eigenvalue weighted by molar-refractivity contribution is 5.84. The summed E-state index contributed by atoms with van der Waals surface area (Å²) in [5.41, 5.74) is 4.26. The fourth-order valence-corrected chi connectivity index (χ4v) is 1.14. The molecule has 0 aliphatic heterocycles. The number of nitrogens with two attached hydrogens (primary N) is 1. The number of nitrogens with one attached hydrogen (secondary N) is 1. The van der Waals surface area contributed by atoms with Crippen molar-refractivity contribution in [2.24, 2.45) is 5.73 Å². The molecule has 0 spiro atoms. The second-order valence-electron chi connectivity index (χ2n) is 3.96. The van der Waals surface area contributed by atoms with E-state index >= 15 is 0 Å². The van der Waals surface area contributed by atoms with Crippen molar-refractivity contribution in [2.45, 2.75) is 44.4 Å². The zero-order valence-corrected chi connectivity index (χ0v) is 7.50. The maximum atomic E-state index is 11.2. The SMILES string of the molecule is CC(C)(O)C(=O)NC1CC(N)C1. The summed E-state index contributed by atoms with van der Waals surface area (Å²) in [4.78, 5) is 11.2. The number of hydrogen-bond donors (Lipinski definition) is 3. The van der Waals surface area contributed by atoms with E-state index in [0.717, 1.165) is 12.8 Å². The van der Waals surface area contributed by atoms with Crippen molar-refractivity contribution >= 4 is 5.91 Å². The van der Waals surface area contributed by atoms with Gasteiger partial charge in [-0.2, -0.15) is 0 Å². The van der Waals surface area contributed by atoms with Gasteiger partial charge in [0, 0.05) is 12.1 Å².